The lowest BCUT2D eigenvalue weighted by molar-refractivity contribution is -0.138. The fraction of sp³-hybridized carbons (Fsp3) is 0.182. The lowest BCUT2D eigenvalue weighted by atomic mass is 9.96. The third-order valence-corrected chi connectivity index (χ3v) is 5.12. The van der Waals surface area contributed by atoms with E-state index in [4.69, 9.17) is 22.4 Å². The molecule has 0 fully saturated rings. The van der Waals surface area contributed by atoms with Crippen molar-refractivity contribution in [3.63, 3.8) is 0 Å². The number of aryl methyl sites for hydroxylation is 2. The topological polar surface area (TPSA) is 106 Å². The van der Waals surface area contributed by atoms with Crippen molar-refractivity contribution in [2.75, 3.05) is 0 Å². The number of halogens is 1. The molecule has 1 atom stereocenters. The Balaban J connectivity index is 1.97. The van der Waals surface area contributed by atoms with Crippen LogP contribution < -0.4 is 5.73 Å². The molecule has 3 aromatic rings. The van der Waals surface area contributed by atoms with Crippen molar-refractivity contribution in [1.29, 1.82) is 0 Å². The van der Waals surface area contributed by atoms with E-state index in [1.165, 1.54) is 0 Å². The van der Waals surface area contributed by atoms with Gasteiger partial charge in [-0.2, -0.15) is 0 Å². The number of nitrogens with two attached hydrogens (primary N) is 1. The van der Waals surface area contributed by atoms with Crippen molar-refractivity contribution in [3.05, 3.63) is 70.1 Å². The molecule has 3 rings (SSSR count). The predicted molar refractivity (Wildman–Crippen MR) is 112 cm³/mol. The molecule has 3 N–H and O–H groups in total. The van der Waals surface area contributed by atoms with E-state index in [1.54, 1.807) is 26.0 Å². The zero-order chi connectivity index (χ0) is 21.3. The molecule has 0 aliphatic carbocycles. The van der Waals surface area contributed by atoms with Gasteiger partial charge in [0.1, 0.15) is 5.69 Å². The maximum absolute atomic E-state index is 11.6. The second kappa shape index (κ2) is 8.01. The van der Waals surface area contributed by atoms with Gasteiger partial charge in [0, 0.05) is 16.1 Å². The van der Waals surface area contributed by atoms with Gasteiger partial charge in [0.05, 0.1) is 23.0 Å². The second-order valence-electron chi connectivity index (χ2n) is 6.83. The SMILES string of the molecule is Cc1nc(C)c(-c2ccc(-c3ccc([C@H](C)C(=O)O)cc3Cl)cc2)nc1C(N)=O. The van der Waals surface area contributed by atoms with Gasteiger partial charge < -0.3 is 10.8 Å². The molecule has 0 radical (unpaired) electrons. The first-order valence-electron chi connectivity index (χ1n) is 8.97. The van der Waals surface area contributed by atoms with Crippen molar-refractivity contribution in [3.8, 4) is 22.4 Å². The van der Waals surface area contributed by atoms with Crippen molar-refractivity contribution in [2.45, 2.75) is 26.7 Å². The summed E-state index contributed by atoms with van der Waals surface area (Å²) in [4.78, 5) is 31.5. The van der Waals surface area contributed by atoms with Crippen LogP contribution in [0.4, 0.5) is 0 Å². The molecule has 6 nitrogen and oxygen atoms in total. The van der Waals surface area contributed by atoms with Crippen LogP contribution in [0, 0.1) is 13.8 Å². The zero-order valence-electron chi connectivity index (χ0n) is 16.2. The number of nitrogens with zero attached hydrogens (tertiary/aromatic N) is 2. The van der Waals surface area contributed by atoms with E-state index in [9.17, 15) is 9.59 Å². The molecule has 0 unspecified atom stereocenters. The Morgan fingerprint density at radius 3 is 2.17 bits per heavy atom. The molecular formula is C22H20ClN3O3. The van der Waals surface area contributed by atoms with Gasteiger partial charge in [-0.1, -0.05) is 48.0 Å². The monoisotopic (exact) mass is 409 g/mol. The Kier molecular flexibility index (Phi) is 5.66. The van der Waals surface area contributed by atoms with Crippen LogP contribution in [0.3, 0.4) is 0 Å². The standard InChI is InChI=1S/C22H20ClN3O3/c1-11(22(28)29)16-8-9-17(18(23)10-16)14-4-6-15(7-5-14)19-12(2)25-13(3)20(26-19)21(24)27/h4-11H,1-3H3,(H2,24,27)(H,28,29)/t11-/m0/s1. The van der Waals surface area contributed by atoms with Crippen LogP contribution >= 0.6 is 11.6 Å². The first kappa shape index (κ1) is 20.5. The summed E-state index contributed by atoms with van der Waals surface area (Å²) in [7, 11) is 0. The van der Waals surface area contributed by atoms with Gasteiger partial charge in [0.25, 0.3) is 5.91 Å². The highest BCUT2D eigenvalue weighted by molar-refractivity contribution is 6.33. The molecule has 0 aliphatic heterocycles. The number of hydrogen-bond donors (Lipinski definition) is 2. The van der Waals surface area contributed by atoms with Crippen LogP contribution in [-0.2, 0) is 4.79 Å². The number of rotatable bonds is 5. The van der Waals surface area contributed by atoms with Gasteiger partial charge in [-0.05, 0) is 38.0 Å². The quantitative estimate of drug-likeness (QED) is 0.650. The Labute approximate surface area is 173 Å². The fourth-order valence-corrected chi connectivity index (χ4v) is 3.42. The lowest BCUT2D eigenvalue weighted by Gasteiger charge is -2.12. The molecular weight excluding hydrogens is 390 g/mol. The van der Waals surface area contributed by atoms with E-state index in [-0.39, 0.29) is 5.69 Å². The highest BCUT2D eigenvalue weighted by Gasteiger charge is 2.16. The molecule has 0 spiro atoms. The van der Waals surface area contributed by atoms with Crippen LogP contribution in [-0.4, -0.2) is 27.0 Å². The fourth-order valence-electron chi connectivity index (χ4n) is 3.12. The molecule has 1 aromatic heterocycles. The lowest BCUT2D eigenvalue weighted by Crippen LogP contribution is -2.17. The molecule has 0 bridgehead atoms. The molecule has 0 aliphatic rings. The number of carboxylic acid groups (broad SMARTS) is 1. The number of hydrogen-bond acceptors (Lipinski definition) is 4. The third-order valence-electron chi connectivity index (χ3n) is 4.81. The van der Waals surface area contributed by atoms with Gasteiger partial charge >= 0.3 is 5.97 Å². The van der Waals surface area contributed by atoms with Crippen LogP contribution in [0.15, 0.2) is 42.5 Å². The van der Waals surface area contributed by atoms with E-state index in [1.807, 2.05) is 37.3 Å². The number of carbonyl (C=O) groups excluding carboxylic acids is 1. The number of carboxylic acids is 1. The maximum atomic E-state index is 11.6. The van der Waals surface area contributed by atoms with Gasteiger partial charge in [-0.15, -0.1) is 0 Å². The molecule has 29 heavy (non-hydrogen) atoms. The molecule has 7 heteroatoms. The summed E-state index contributed by atoms with van der Waals surface area (Å²) in [5.74, 6) is -2.15. The molecule has 0 saturated heterocycles. The summed E-state index contributed by atoms with van der Waals surface area (Å²) in [6.07, 6.45) is 0. The summed E-state index contributed by atoms with van der Waals surface area (Å²) < 4.78 is 0. The van der Waals surface area contributed by atoms with Crippen LogP contribution in [0.2, 0.25) is 5.02 Å². The summed E-state index contributed by atoms with van der Waals surface area (Å²) in [6, 6.07) is 12.8. The van der Waals surface area contributed by atoms with Gasteiger partial charge in [-0.25, -0.2) is 4.98 Å². The minimum Gasteiger partial charge on any atom is -0.481 e. The smallest absolute Gasteiger partial charge is 0.310 e. The van der Waals surface area contributed by atoms with Gasteiger partial charge in [0.2, 0.25) is 0 Å². The normalized spacial score (nSPS) is 11.9. The van der Waals surface area contributed by atoms with Gasteiger partial charge in [-0.3, -0.25) is 14.6 Å². The Morgan fingerprint density at radius 1 is 1.00 bits per heavy atom. The van der Waals surface area contributed by atoms with Gasteiger partial charge in [0.15, 0.2) is 0 Å². The average Bonchev–Trinajstić information content (AvgIpc) is 2.67. The Bertz CT molecular complexity index is 1110. The Hall–Kier alpha value is -3.25. The van der Waals surface area contributed by atoms with Crippen molar-refractivity contribution in [1.82, 2.24) is 9.97 Å². The summed E-state index contributed by atoms with van der Waals surface area (Å²) >= 11 is 6.40. The molecule has 1 heterocycles. The predicted octanol–water partition coefficient (Wildman–Crippen LogP) is 4.37. The van der Waals surface area contributed by atoms with E-state index < -0.39 is 17.8 Å². The summed E-state index contributed by atoms with van der Waals surface area (Å²) in [5.41, 5.74) is 10.4. The number of benzene rings is 2. The van der Waals surface area contributed by atoms with Crippen molar-refractivity contribution in [2.24, 2.45) is 5.73 Å². The molecule has 1 amide bonds. The highest BCUT2D eigenvalue weighted by Crippen LogP contribution is 2.32. The maximum Gasteiger partial charge on any atom is 0.310 e. The van der Waals surface area contributed by atoms with Crippen molar-refractivity contribution < 1.29 is 14.7 Å². The highest BCUT2D eigenvalue weighted by atomic mass is 35.5. The summed E-state index contributed by atoms with van der Waals surface area (Å²) in [6.45, 7) is 5.14. The Morgan fingerprint density at radius 2 is 1.62 bits per heavy atom. The molecule has 148 valence electrons. The van der Waals surface area contributed by atoms with E-state index in [2.05, 4.69) is 9.97 Å². The summed E-state index contributed by atoms with van der Waals surface area (Å²) in [5, 5.41) is 9.64. The second-order valence-corrected chi connectivity index (χ2v) is 7.24. The van der Waals surface area contributed by atoms with Crippen LogP contribution in [0.1, 0.15) is 40.3 Å². The number of carbonyl (C=O) groups is 2. The third kappa shape index (κ3) is 4.12. The number of aliphatic carboxylic acids is 1. The van der Waals surface area contributed by atoms with E-state index >= 15 is 0 Å². The largest absolute Gasteiger partial charge is 0.481 e. The number of amides is 1. The number of aromatic nitrogens is 2. The first-order valence-corrected chi connectivity index (χ1v) is 9.35. The average molecular weight is 410 g/mol. The minimum absolute atomic E-state index is 0.154. The first-order chi connectivity index (χ1) is 13.7. The van der Waals surface area contributed by atoms with Crippen molar-refractivity contribution >= 4 is 23.5 Å². The molecule has 0 saturated carbocycles. The van der Waals surface area contributed by atoms with E-state index in [0.717, 1.165) is 16.7 Å². The van der Waals surface area contributed by atoms with Crippen LogP contribution in [0.25, 0.3) is 22.4 Å². The molecule has 2 aromatic carbocycles. The zero-order valence-corrected chi connectivity index (χ0v) is 17.0. The number of primary amides is 1. The van der Waals surface area contributed by atoms with E-state index in [0.29, 0.717) is 27.7 Å². The van der Waals surface area contributed by atoms with Crippen LogP contribution in [0.5, 0.6) is 0 Å². The minimum atomic E-state index is -0.900.